The first-order valence-electron chi connectivity index (χ1n) is 6.01. The summed E-state index contributed by atoms with van der Waals surface area (Å²) in [6.45, 7) is 2.24. The first-order chi connectivity index (χ1) is 8.79. The molecule has 0 saturated heterocycles. The molecule has 0 spiro atoms. The van der Waals surface area contributed by atoms with Gasteiger partial charge in [-0.05, 0) is 19.8 Å². The second-order valence-electron chi connectivity index (χ2n) is 4.58. The Morgan fingerprint density at radius 1 is 1.26 bits per heavy atom. The first kappa shape index (κ1) is 13.7. The van der Waals surface area contributed by atoms with Crippen LogP contribution in [0.25, 0.3) is 11.2 Å². The third-order valence-electron chi connectivity index (χ3n) is 3.01. The molecule has 2 N–H and O–H groups in total. The van der Waals surface area contributed by atoms with Crippen molar-refractivity contribution in [3.63, 3.8) is 0 Å². The summed E-state index contributed by atoms with van der Waals surface area (Å²) in [5.74, 6) is 0.318. The highest BCUT2D eigenvalue weighted by molar-refractivity contribution is 5.77. The number of rotatable bonds is 4. The molecule has 5 nitrogen and oxygen atoms in total. The Morgan fingerprint density at radius 2 is 1.95 bits per heavy atom. The Balaban J connectivity index is 2.10. The van der Waals surface area contributed by atoms with Crippen LogP contribution in [0.3, 0.4) is 0 Å². The number of nitrogen functional groups attached to an aromatic ring is 1. The number of nitrogens with two attached hydrogens (primary N) is 1. The average Bonchev–Trinajstić information content (AvgIpc) is 2.73. The molecule has 0 fully saturated rings. The van der Waals surface area contributed by atoms with Crippen LogP contribution in [0.15, 0.2) is 0 Å². The van der Waals surface area contributed by atoms with E-state index in [1.54, 1.807) is 16.3 Å². The molecule has 0 atom stereocenters. The zero-order chi connectivity index (χ0) is 14.2. The summed E-state index contributed by atoms with van der Waals surface area (Å²) in [7, 11) is 1.77. The summed E-state index contributed by atoms with van der Waals surface area (Å²) in [5.41, 5.74) is 8.01. The standard InChI is InChI=1S/C11H16F3N5/c1-7-8-9(18(2)17-7)19(10(15)16-8)6-4-3-5-11(12,13)14/h3-6H2,1-2H3,(H2,15,16). The Labute approximate surface area is 108 Å². The van der Waals surface area contributed by atoms with Gasteiger partial charge in [0.25, 0.3) is 0 Å². The fraction of sp³-hybridized carbons (Fsp3) is 0.636. The molecule has 0 aliphatic carbocycles. The molecule has 0 aliphatic heterocycles. The molecule has 2 rings (SSSR count). The number of aryl methyl sites for hydroxylation is 3. The van der Waals surface area contributed by atoms with Crippen molar-refractivity contribution < 1.29 is 13.2 Å². The van der Waals surface area contributed by atoms with E-state index < -0.39 is 12.6 Å². The van der Waals surface area contributed by atoms with Gasteiger partial charge in [0.1, 0.15) is 5.52 Å². The van der Waals surface area contributed by atoms with E-state index in [0.717, 1.165) is 11.3 Å². The van der Waals surface area contributed by atoms with E-state index in [1.807, 2.05) is 6.92 Å². The molecule has 2 aromatic heterocycles. The minimum atomic E-state index is -4.10. The lowest BCUT2D eigenvalue weighted by Crippen LogP contribution is -2.10. The fourth-order valence-corrected chi connectivity index (χ4v) is 2.17. The molecule has 0 amide bonds. The largest absolute Gasteiger partial charge is 0.389 e. The van der Waals surface area contributed by atoms with Crippen LogP contribution >= 0.6 is 0 Å². The molecule has 0 saturated carbocycles. The van der Waals surface area contributed by atoms with E-state index in [4.69, 9.17) is 5.73 Å². The van der Waals surface area contributed by atoms with E-state index in [1.165, 1.54) is 0 Å². The van der Waals surface area contributed by atoms with E-state index in [0.29, 0.717) is 24.4 Å². The highest BCUT2D eigenvalue weighted by atomic mass is 19.4. The van der Waals surface area contributed by atoms with Crippen molar-refractivity contribution in [1.82, 2.24) is 19.3 Å². The predicted octanol–water partition coefficient (Wildman–Crippen LogP) is 2.39. The predicted molar refractivity (Wildman–Crippen MR) is 65.6 cm³/mol. The lowest BCUT2D eigenvalue weighted by molar-refractivity contribution is -0.135. The topological polar surface area (TPSA) is 61.7 Å². The lowest BCUT2D eigenvalue weighted by atomic mass is 10.2. The molecule has 0 bridgehead atoms. The van der Waals surface area contributed by atoms with Gasteiger partial charge in [-0.25, -0.2) is 4.98 Å². The van der Waals surface area contributed by atoms with E-state index >= 15 is 0 Å². The van der Waals surface area contributed by atoms with Crippen LogP contribution in [0.2, 0.25) is 0 Å². The van der Waals surface area contributed by atoms with Gasteiger partial charge in [-0.3, -0.25) is 9.25 Å². The zero-order valence-corrected chi connectivity index (χ0v) is 10.8. The second kappa shape index (κ2) is 4.75. The van der Waals surface area contributed by atoms with Crippen LogP contribution in [0.5, 0.6) is 0 Å². The van der Waals surface area contributed by atoms with Gasteiger partial charge in [-0.2, -0.15) is 18.3 Å². The Kier molecular flexibility index (Phi) is 3.42. The summed E-state index contributed by atoms with van der Waals surface area (Å²) < 4.78 is 39.6. The summed E-state index contributed by atoms with van der Waals surface area (Å²) in [6.07, 6.45) is -4.38. The number of hydrogen-bond donors (Lipinski definition) is 1. The van der Waals surface area contributed by atoms with Crippen molar-refractivity contribution in [2.75, 3.05) is 5.73 Å². The molecular weight excluding hydrogens is 259 g/mol. The van der Waals surface area contributed by atoms with Gasteiger partial charge in [0.2, 0.25) is 5.95 Å². The normalized spacial score (nSPS) is 12.5. The summed E-state index contributed by atoms with van der Waals surface area (Å²) >= 11 is 0. The number of aromatic nitrogens is 4. The summed E-state index contributed by atoms with van der Waals surface area (Å²) in [4.78, 5) is 4.20. The van der Waals surface area contributed by atoms with Crippen molar-refractivity contribution in [2.24, 2.45) is 7.05 Å². The third-order valence-corrected chi connectivity index (χ3v) is 3.01. The number of unbranched alkanes of at least 4 members (excludes halogenated alkanes) is 1. The van der Waals surface area contributed by atoms with Gasteiger partial charge in [-0.1, -0.05) is 0 Å². The van der Waals surface area contributed by atoms with Crippen molar-refractivity contribution in [3.8, 4) is 0 Å². The van der Waals surface area contributed by atoms with E-state index in [9.17, 15) is 13.2 Å². The van der Waals surface area contributed by atoms with Crippen LogP contribution in [0.4, 0.5) is 19.1 Å². The second-order valence-corrected chi connectivity index (χ2v) is 4.58. The minimum absolute atomic E-state index is 0.0828. The number of anilines is 1. The van der Waals surface area contributed by atoms with Crippen LogP contribution < -0.4 is 5.73 Å². The lowest BCUT2D eigenvalue weighted by Gasteiger charge is -2.08. The highest BCUT2D eigenvalue weighted by Crippen LogP contribution is 2.24. The first-order valence-corrected chi connectivity index (χ1v) is 6.01. The molecule has 0 radical (unpaired) electrons. The van der Waals surface area contributed by atoms with Gasteiger partial charge >= 0.3 is 6.18 Å². The molecule has 8 heteroatoms. The van der Waals surface area contributed by atoms with Crippen molar-refractivity contribution >= 4 is 17.1 Å². The fourth-order valence-electron chi connectivity index (χ4n) is 2.17. The molecule has 19 heavy (non-hydrogen) atoms. The monoisotopic (exact) mass is 275 g/mol. The summed E-state index contributed by atoms with van der Waals surface area (Å²) in [5, 5.41) is 4.22. The minimum Gasteiger partial charge on any atom is -0.369 e. The quantitative estimate of drug-likeness (QED) is 0.871. The number of fused-ring (bicyclic) bond motifs is 1. The maximum atomic E-state index is 12.1. The third kappa shape index (κ3) is 2.82. The smallest absolute Gasteiger partial charge is 0.369 e. The number of imidazole rings is 1. The number of halogens is 3. The van der Waals surface area contributed by atoms with E-state index in [-0.39, 0.29) is 6.42 Å². The zero-order valence-electron chi connectivity index (χ0n) is 10.8. The highest BCUT2D eigenvalue weighted by Gasteiger charge is 2.26. The Hall–Kier alpha value is -1.73. The molecule has 0 unspecified atom stereocenters. The van der Waals surface area contributed by atoms with Crippen molar-refractivity contribution in [1.29, 1.82) is 0 Å². The van der Waals surface area contributed by atoms with E-state index in [2.05, 4.69) is 10.1 Å². The van der Waals surface area contributed by atoms with Crippen LogP contribution in [-0.2, 0) is 13.6 Å². The van der Waals surface area contributed by atoms with Gasteiger partial charge in [0.05, 0.1) is 5.69 Å². The SMILES string of the molecule is Cc1nn(C)c2c1nc(N)n2CCCCC(F)(F)F. The maximum absolute atomic E-state index is 12.1. The summed E-state index contributed by atoms with van der Waals surface area (Å²) in [6, 6.07) is 0. The molecule has 106 valence electrons. The molecule has 0 aromatic carbocycles. The average molecular weight is 275 g/mol. The van der Waals surface area contributed by atoms with Gasteiger partial charge in [0.15, 0.2) is 5.65 Å². The molecule has 0 aliphatic rings. The van der Waals surface area contributed by atoms with Gasteiger partial charge < -0.3 is 5.73 Å². The van der Waals surface area contributed by atoms with Crippen LogP contribution in [0, 0.1) is 6.92 Å². The Bertz CT molecular complexity index is 581. The molecular formula is C11H16F3N5. The van der Waals surface area contributed by atoms with Crippen molar-refractivity contribution in [2.45, 2.75) is 38.9 Å². The van der Waals surface area contributed by atoms with Crippen LogP contribution in [0.1, 0.15) is 25.0 Å². The van der Waals surface area contributed by atoms with Crippen molar-refractivity contribution in [3.05, 3.63) is 5.69 Å². The number of hydrogen-bond acceptors (Lipinski definition) is 3. The molecule has 2 heterocycles. The van der Waals surface area contributed by atoms with Gasteiger partial charge in [0, 0.05) is 20.0 Å². The van der Waals surface area contributed by atoms with Gasteiger partial charge in [-0.15, -0.1) is 0 Å². The number of alkyl halides is 3. The van der Waals surface area contributed by atoms with Crippen LogP contribution in [-0.4, -0.2) is 25.5 Å². The Morgan fingerprint density at radius 3 is 2.58 bits per heavy atom. The maximum Gasteiger partial charge on any atom is 0.389 e. The number of nitrogens with zero attached hydrogens (tertiary/aromatic N) is 4. The molecule has 2 aromatic rings.